The van der Waals surface area contributed by atoms with Crippen LogP contribution in [0.15, 0.2) is 42.5 Å². The number of hydrogen-bond acceptors (Lipinski definition) is 3. The molecule has 0 saturated carbocycles. The van der Waals surface area contributed by atoms with Gasteiger partial charge in [-0.25, -0.2) is 4.39 Å². The molecule has 5 nitrogen and oxygen atoms in total. The predicted octanol–water partition coefficient (Wildman–Crippen LogP) is 5.71. The lowest BCUT2D eigenvalue weighted by molar-refractivity contribution is -0.117. The van der Waals surface area contributed by atoms with Crippen LogP contribution in [0.25, 0.3) is 0 Å². The van der Waals surface area contributed by atoms with E-state index >= 15 is 0 Å². The zero-order valence-electron chi connectivity index (χ0n) is 20.3. The molecule has 0 aromatic heterocycles. The van der Waals surface area contributed by atoms with Gasteiger partial charge in [-0.3, -0.25) is 9.59 Å². The molecule has 2 aromatic carbocycles. The summed E-state index contributed by atoms with van der Waals surface area (Å²) in [7, 11) is 3.90. The third kappa shape index (κ3) is 7.08. The number of amides is 2. The molecule has 2 amide bonds. The van der Waals surface area contributed by atoms with Gasteiger partial charge in [-0.15, -0.1) is 0 Å². The Morgan fingerprint density at radius 3 is 2.22 bits per heavy atom. The number of benzene rings is 2. The van der Waals surface area contributed by atoms with Crippen molar-refractivity contribution in [3.8, 4) is 0 Å². The van der Waals surface area contributed by atoms with Gasteiger partial charge in [0.05, 0.1) is 0 Å². The van der Waals surface area contributed by atoms with Crippen molar-refractivity contribution in [2.45, 2.75) is 60.0 Å². The first kappa shape index (κ1) is 25.4. The van der Waals surface area contributed by atoms with Crippen LogP contribution in [0.5, 0.6) is 0 Å². The number of hydrogen-bond donors (Lipinski definition) is 1. The van der Waals surface area contributed by atoms with Crippen molar-refractivity contribution >= 4 is 23.2 Å². The highest BCUT2D eigenvalue weighted by Crippen LogP contribution is 2.27. The maximum Gasteiger partial charge on any atom is 0.254 e. The summed E-state index contributed by atoms with van der Waals surface area (Å²) in [4.78, 5) is 29.5. The van der Waals surface area contributed by atoms with Gasteiger partial charge in [0.2, 0.25) is 5.91 Å². The van der Waals surface area contributed by atoms with Gasteiger partial charge in [0.25, 0.3) is 5.91 Å². The van der Waals surface area contributed by atoms with E-state index in [1.807, 2.05) is 71.8 Å². The second-order valence-electron chi connectivity index (χ2n) is 9.72. The van der Waals surface area contributed by atoms with Crippen LogP contribution in [0.2, 0.25) is 0 Å². The van der Waals surface area contributed by atoms with Crippen molar-refractivity contribution in [2.75, 3.05) is 24.3 Å². The molecule has 6 heteroatoms. The highest BCUT2D eigenvalue weighted by molar-refractivity contribution is 5.94. The molecule has 2 rings (SSSR count). The van der Waals surface area contributed by atoms with Gasteiger partial charge >= 0.3 is 0 Å². The SMILES string of the molecule is CC[C@H](C)N(Cc1cc(NC(=O)CC(C)(C)C)ccc1N(C)C)C(=O)c1ccc(F)cc1. The van der Waals surface area contributed by atoms with Gasteiger partial charge in [0.15, 0.2) is 0 Å². The Bertz CT molecular complexity index is 933. The zero-order chi connectivity index (χ0) is 24.1. The molecule has 1 atom stereocenters. The topological polar surface area (TPSA) is 52.7 Å². The van der Waals surface area contributed by atoms with Gasteiger partial charge < -0.3 is 15.1 Å². The third-order valence-electron chi connectivity index (χ3n) is 5.35. The molecule has 32 heavy (non-hydrogen) atoms. The van der Waals surface area contributed by atoms with Gasteiger partial charge in [-0.05, 0) is 66.8 Å². The maximum absolute atomic E-state index is 13.4. The smallest absolute Gasteiger partial charge is 0.254 e. The minimum atomic E-state index is -0.370. The predicted molar refractivity (Wildman–Crippen MR) is 129 cm³/mol. The minimum Gasteiger partial charge on any atom is -0.377 e. The van der Waals surface area contributed by atoms with E-state index in [1.165, 1.54) is 24.3 Å². The Balaban J connectivity index is 2.37. The number of halogens is 1. The Morgan fingerprint density at radius 1 is 1.06 bits per heavy atom. The molecular weight excluding hydrogens is 405 g/mol. The van der Waals surface area contributed by atoms with Crippen LogP contribution in [-0.4, -0.2) is 36.9 Å². The third-order valence-corrected chi connectivity index (χ3v) is 5.35. The molecule has 174 valence electrons. The first-order chi connectivity index (χ1) is 14.9. The van der Waals surface area contributed by atoms with Crippen LogP contribution in [-0.2, 0) is 11.3 Å². The van der Waals surface area contributed by atoms with E-state index in [9.17, 15) is 14.0 Å². The lowest BCUT2D eigenvalue weighted by atomic mass is 9.92. The van der Waals surface area contributed by atoms with Crippen molar-refractivity contribution in [2.24, 2.45) is 5.41 Å². The normalized spacial score (nSPS) is 12.2. The quantitative estimate of drug-likeness (QED) is 0.571. The average molecular weight is 442 g/mol. The lowest BCUT2D eigenvalue weighted by Gasteiger charge is -2.31. The summed E-state index contributed by atoms with van der Waals surface area (Å²) in [6.07, 6.45) is 1.20. The summed E-state index contributed by atoms with van der Waals surface area (Å²) in [6.45, 7) is 10.5. The number of carbonyl (C=O) groups excluding carboxylic acids is 2. The lowest BCUT2D eigenvalue weighted by Crippen LogP contribution is -2.38. The molecular formula is C26H36FN3O2. The summed E-state index contributed by atoms with van der Waals surface area (Å²) in [5.74, 6) is -0.557. The van der Waals surface area contributed by atoms with Crippen molar-refractivity contribution in [1.29, 1.82) is 0 Å². The summed E-state index contributed by atoms with van der Waals surface area (Å²) in [5.41, 5.74) is 2.95. The molecule has 0 aliphatic heterocycles. The van der Waals surface area contributed by atoms with Crippen molar-refractivity contribution in [1.82, 2.24) is 4.90 Å². The van der Waals surface area contributed by atoms with Crippen molar-refractivity contribution < 1.29 is 14.0 Å². The fourth-order valence-electron chi connectivity index (χ4n) is 3.50. The number of nitrogens with one attached hydrogen (secondary N) is 1. The molecule has 0 heterocycles. The van der Waals surface area contributed by atoms with Crippen LogP contribution in [0.3, 0.4) is 0 Å². The summed E-state index contributed by atoms with van der Waals surface area (Å²) in [6, 6.07) is 11.4. The molecule has 2 aromatic rings. The fraction of sp³-hybridized carbons (Fsp3) is 0.462. The molecule has 0 aliphatic carbocycles. The monoisotopic (exact) mass is 441 g/mol. The number of carbonyl (C=O) groups is 2. The van der Waals surface area contributed by atoms with Gasteiger partial charge in [0.1, 0.15) is 5.82 Å². The van der Waals surface area contributed by atoms with E-state index in [2.05, 4.69) is 5.32 Å². The Labute approximate surface area is 191 Å². The number of nitrogens with zero attached hydrogens (tertiary/aromatic N) is 2. The summed E-state index contributed by atoms with van der Waals surface area (Å²) < 4.78 is 13.4. The summed E-state index contributed by atoms with van der Waals surface area (Å²) in [5, 5.41) is 2.99. The average Bonchev–Trinajstić information content (AvgIpc) is 2.70. The molecule has 0 fully saturated rings. The largest absolute Gasteiger partial charge is 0.377 e. The molecule has 0 radical (unpaired) electrons. The van der Waals surface area contributed by atoms with Gasteiger partial charge in [0, 0.05) is 50.0 Å². The number of anilines is 2. The van der Waals surface area contributed by atoms with E-state index in [1.54, 1.807) is 4.90 Å². The van der Waals surface area contributed by atoms with Gasteiger partial charge in [-0.2, -0.15) is 0 Å². The number of rotatable bonds is 8. The van der Waals surface area contributed by atoms with Crippen LogP contribution in [0.1, 0.15) is 63.4 Å². The molecule has 0 bridgehead atoms. The van der Waals surface area contributed by atoms with E-state index < -0.39 is 0 Å². The first-order valence-electron chi connectivity index (χ1n) is 11.1. The fourth-order valence-corrected chi connectivity index (χ4v) is 3.50. The van der Waals surface area contributed by atoms with E-state index in [0.29, 0.717) is 24.2 Å². The van der Waals surface area contributed by atoms with Crippen LogP contribution < -0.4 is 10.2 Å². The Kier molecular flexibility index (Phi) is 8.42. The molecule has 1 N–H and O–H groups in total. The van der Waals surface area contributed by atoms with E-state index in [0.717, 1.165) is 17.7 Å². The molecule has 0 saturated heterocycles. The van der Waals surface area contributed by atoms with E-state index in [-0.39, 0.29) is 29.1 Å². The van der Waals surface area contributed by atoms with Crippen molar-refractivity contribution in [3.05, 3.63) is 59.4 Å². The summed E-state index contributed by atoms with van der Waals surface area (Å²) >= 11 is 0. The van der Waals surface area contributed by atoms with Crippen LogP contribution in [0, 0.1) is 11.2 Å². The van der Waals surface area contributed by atoms with Crippen LogP contribution in [0.4, 0.5) is 15.8 Å². The highest BCUT2D eigenvalue weighted by Gasteiger charge is 2.23. The van der Waals surface area contributed by atoms with Crippen LogP contribution >= 0.6 is 0 Å². The molecule has 0 spiro atoms. The zero-order valence-corrected chi connectivity index (χ0v) is 20.3. The standard InChI is InChI=1S/C26H36FN3O2/c1-8-18(2)30(25(32)19-9-11-21(27)12-10-19)17-20-15-22(13-14-23(20)29(6)7)28-24(31)16-26(3,4)5/h9-15,18H,8,16-17H2,1-7H3,(H,28,31)/t18-/m0/s1. The van der Waals surface area contributed by atoms with Crippen molar-refractivity contribution in [3.63, 3.8) is 0 Å². The highest BCUT2D eigenvalue weighted by atomic mass is 19.1. The molecule has 0 aliphatic rings. The maximum atomic E-state index is 13.4. The second kappa shape index (κ2) is 10.6. The van der Waals surface area contributed by atoms with E-state index in [4.69, 9.17) is 0 Å². The van der Waals surface area contributed by atoms with Gasteiger partial charge in [-0.1, -0.05) is 27.7 Å². The Hall–Kier alpha value is -2.89. The second-order valence-corrected chi connectivity index (χ2v) is 9.72. The first-order valence-corrected chi connectivity index (χ1v) is 11.1. The molecule has 0 unspecified atom stereocenters. The minimum absolute atomic E-state index is 0.0123. The Morgan fingerprint density at radius 2 is 1.69 bits per heavy atom.